The largest absolute Gasteiger partial charge is 0.329 e. The quantitative estimate of drug-likeness (QED) is 0.831. The molecule has 0 saturated carbocycles. The number of sulfonamides is 1. The Labute approximate surface area is 103 Å². The molecule has 1 aromatic carbocycles. The highest BCUT2D eigenvalue weighted by molar-refractivity contribution is 7.89. The summed E-state index contributed by atoms with van der Waals surface area (Å²) in [6.45, 7) is 2.39. The van der Waals surface area contributed by atoms with Crippen LogP contribution in [0.4, 0.5) is 0 Å². The van der Waals surface area contributed by atoms with Gasteiger partial charge in [-0.15, -0.1) is 0 Å². The van der Waals surface area contributed by atoms with E-state index in [2.05, 4.69) is 0 Å². The Hall–Kier alpha value is -0.910. The first kappa shape index (κ1) is 14.2. The van der Waals surface area contributed by atoms with Gasteiger partial charge in [0.1, 0.15) is 0 Å². The smallest absolute Gasteiger partial charge is 0.218 e. The number of hydrogen-bond acceptors (Lipinski definition) is 3. The van der Waals surface area contributed by atoms with Crippen molar-refractivity contribution in [2.45, 2.75) is 25.1 Å². The number of hydrogen-bond donors (Lipinski definition) is 1. The molecule has 0 aliphatic rings. The second kappa shape index (κ2) is 6.14. The molecule has 0 aliphatic heterocycles. The molecule has 0 aliphatic carbocycles. The summed E-state index contributed by atoms with van der Waals surface area (Å²) in [5.41, 5.74) is 6.47. The van der Waals surface area contributed by atoms with Crippen molar-refractivity contribution in [3.8, 4) is 0 Å². The molecule has 0 radical (unpaired) electrons. The van der Waals surface area contributed by atoms with E-state index in [0.29, 0.717) is 13.0 Å². The summed E-state index contributed by atoms with van der Waals surface area (Å²) in [5, 5.41) is -0.490. The molecule has 17 heavy (non-hydrogen) atoms. The molecule has 0 saturated heterocycles. The summed E-state index contributed by atoms with van der Waals surface area (Å²) >= 11 is 0. The van der Waals surface area contributed by atoms with E-state index in [1.807, 2.05) is 37.3 Å². The highest BCUT2D eigenvalue weighted by Crippen LogP contribution is 2.13. The van der Waals surface area contributed by atoms with Gasteiger partial charge in [-0.25, -0.2) is 12.7 Å². The molecule has 0 heterocycles. The third-order valence-corrected chi connectivity index (χ3v) is 5.19. The minimum Gasteiger partial charge on any atom is -0.329 e. The van der Waals surface area contributed by atoms with E-state index in [4.69, 9.17) is 5.73 Å². The second-order valence-corrected chi connectivity index (χ2v) is 6.37. The SMILES string of the molecule is CCC(CN)S(=O)(=O)N(C)Cc1ccccc1. The van der Waals surface area contributed by atoms with E-state index in [-0.39, 0.29) is 6.54 Å². The minimum atomic E-state index is -3.29. The van der Waals surface area contributed by atoms with Crippen molar-refractivity contribution in [3.05, 3.63) is 35.9 Å². The van der Waals surface area contributed by atoms with Crippen LogP contribution in [0.3, 0.4) is 0 Å². The van der Waals surface area contributed by atoms with Crippen LogP contribution in [0.2, 0.25) is 0 Å². The fraction of sp³-hybridized carbons (Fsp3) is 0.500. The predicted octanol–water partition coefficient (Wildman–Crippen LogP) is 1.19. The number of nitrogens with zero attached hydrogens (tertiary/aromatic N) is 1. The van der Waals surface area contributed by atoms with Crippen LogP contribution in [0.15, 0.2) is 30.3 Å². The molecule has 1 unspecified atom stereocenters. The van der Waals surface area contributed by atoms with Crippen molar-refractivity contribution in [1.82, 2.24) is 4.31 Å². The van der Waals surface area contributed by atoms with E-state index < -0.39 is 15.3 Å². The molecule has 4 nitrogen and oxygen atoms in total. The maximum Gasteiger partial charge on any atom is 0.218 e. The normalized spacial score (nSPS) is 13.9. The van der Waals surface area contributed by atoms with Gasteiger partial charge in [-0.05, 0) is 12.0 Å². The number of benzene rings is 1. The Morgan fingerprint density at radius 2 is 1.88 bits per heavy atom. The van der Waals surface area contributed by atoms with Crippen molar-refractivity contribution < 1.29 is 8.42 Å². The molecule has 0 amide bonds. The van der Waals surface area contributed by atoms with E-state index in [1.54, 1.807) is 7.05 Å². The molecule has 96 valence electrons. The van der Waals surface area contributed by atoms with Gasteiger partial charge < -0.3 is 5.73 Å². The van der Waals surface area contributed by atoms with Gasteiger partial charge >= 0.3 is 0 Å². The number of rotatable bonds is 6. The van der Waals surface area contributed by atoms with Gasteiger partial charge in [0.25, 0.3) is 0 Å². The van der Waals surface area contributed by atoms with Gasteiger partial charge in [0.15, 0.2) is 0 Å². The van der Waals surface area contributed by atoms with Crippen molar-refractivity contribution in [3.63, 3.8) is 0 Å². The molecular formula is C12H20N2O2S. The highest BCUT2D eigenvalue weighted by atomic mass is 32.2. The first-order valence-corrected chi connectivity index (χ1v) is 7.21. The fourth-order valence-corrected chi connectivity index (χ4v) is 3.19. The van der Waals surface area contributed by atoms with E-state index >= 15 is 0 Å². The second-order valence-electron chi connectivity index (χ2n) is 4.05. The Morgan fingerprint density at radius 1 is 1.29 bits per heavy atom. The molecule has 1 aromatic rings. The van der Waals surface area contributed by atoms with Crippen LogP contribution >= 0.6 is 0 Å². The summed E-state index contributed by atoms with van der Waals surface area (Å²) in [4.78, 5) is 0. The molecule has 2 N–H and O–H groups in total. The Kier molecular flexibility index (Phi) is 5.11. The van der Waals surface area contributed by atoms with Crippen LogP contribution < -0.4 is 5.73 Å². The molecular weight excluding hydrogens is 236 g/mol. The summed E-state index contributed by atoms with van der Waals surface area (Å²) in [6.07, 6.45) is 0.540. The zero-order valence-electron chi connectivity index (χ0n) is 10.3. The molecule has 5 heteroatoms. The van der Waals surface area contributed by atoms with Crippen LogP contribution in [0, 0.1) is 0 Å². The molecule has 1 atom stereocenters. The molecule has 1 rings (SSSR count). The van der Waals surface area contributed by atoms with Gasteiger partial charge in [-0.2, -0.15) is 0 Å². The maximum absolute atomic E-state index is 12.1. The summed E-state index contributed by atoms with van der Waals surface area (Å²) in [6, 6.07) is 9.53. The summed E-state index contributed by atoms with van der Waals surface area (Å²) in [7, 11) is -1.69. The maximum atomic E-state index is 12.1. The van der Waals surface area contributed by atoms with Crippen LogP contribution in [0.25, 0.3) is 0 Å². The molecule has 0 bridgehead atoms. The van der Waals surface area contributed by atoms with Crippen molar-refractivity contribution >= 4 is 10.0 Å². The molecule has 0 aromatic heterocycles. The van der Waals surface area contributed by atoms with Crippen molar-refractivity contribution in [2.24, 2.45) is 5.73 Å². The van der Waals surface area contributed by atoms with E-state index in [1.165, 1.54) is 4.31 Å². The van der Waals surface area contributed by atoms with Gasteiger partial charge in [0.05, 0.1) is 5.25 Å². The summed E-state index contributed by atoms with van der Waals surface area (Å²) < 4.78 is 25.7. The first-order chi connectivity index (χ1) is 8.02. The summed E-state index contributed by atoms with van der Waals surface area (Å²) in [5.74, 6) is 0. The molecule has 0 spiro atoms. The lowest BCUT2D eigenvalue weighted by atomic mass is 10.2. The lowest BCUT2D eigenvalue weighted by Gasteiger charge is -2.22. The average Bonchev–Trinajstić information content (AvgIpc) is 2.31. The van der Waals surface area contributed by atoms with Crippen molar-refractivity contribution in [1.29, 1.82) is 0 Å². The van der Waals surface area contributed by atoms with Crippen molar-refractivity contribution in [2.75, 3.05) is 13.6 Å². The van der Waals surface area contributed by atoms with E-state index in [9.17, 15) is 8.42 Å². The zero-order valence-corrected chi connectivity index (χ0v) is 11.2. The first-order valence-electron chi connectivity index (χ1n) is 5.71. The molecule has 0 fully saturated rings. The van der Waals surface area contributed by atoms with Crippen LogP contribution in [0.1, 0.15) is 18.9 Å². The third kappa shape index (κ3) is 3.52. The van der Waals surface area contributed by atoms with Gasteiger partial charge in [0, 0.05) is 20.1 Å². The Bertz CT molecular complexity index is 427. The Morgan fingerprint density at radius 3 is 2.35 bits per heavy atom. The Balaban J connectivity index is 2.80. The predicted molar refractivity (Wildman–Crippen MR) is 70.0 cm³/mol. The lowest BCUT2D eigenvalue weighted by molar-refractivity contribution is 0.453. The third-order valence-electron chi connectivity index (χ3n) is 2.82. The van der Waals surface area contributed by atoms with Crippen LogP contribution in [-0.2, 0) is 16.6 Å². The number of nitrogens with two attached hydrogens (primary N) is 1. The highest BCUT2D eigenvalue weighted by Gasteiger charge is 2.26. The van der Waals surface area contributed by atoms with E-state index in [0.717, 1.165) is 5.56 Å². The monoisotopic (exact) mass is 256 g/mol. The minimum absolute atomic E-state index is 0.165. The van der Waals surface area contributed by atoms with Crippen LogP contribution in [-0.4, -0.2) is 31.6 Å². The fourth-order valence-electron chi connectivity index (χ4n) is 1.68. The standard InChI is InChI=1S/C12H20N2O2S/c1-3-12(9-13)17(15,16)14(2)10-11-7-5-4-6-8-11/h4-8,12H,3,9-10,13H2,1-2H3. The van der Waals surface area contributed by atoms with Crippen LogP contribution in [0.5, 0.6) is 0 Å². The van der Waals surface area contributed by atoms with Gasteiger partial charge in [-0.1, -0.05) is 37.3 Å². The lowest BCUT2D eigenvalue weighted by Crippen LogP contribution is -2.39. The average molecular weight is 256 g/mol. The zero-order chi connectivity index (χ0) is 12.9. The van der Waals surface area contributed by atoms with Gasteiger partial charge in [-0.3, -0.25) is 0 Å². The topological polar surface area (TPSA) is 63.4 Å². The van der Waals surface area contributed by atoms with Gasteiger partial charge in [0.2, 0.25) is 10.0 Å².